The second-order valence-electron chi connectivity index (χ2n) is 8.55. The molecule has 0 aliphatic rings. The number of benzene rings is 3. The van der Waals surface area contributed by atoms with Crippen LogP contribution in [0.5, 0.6) is 11.5 Å². The molecule has 0 fully saturated rings. The van der Waals surface area contributed by atoms with Crippen LogP contribution in [-0.4, -0.2) is 51.1 Å². The van der Waals surface area contributed by atoms with Gasteiger partial charge in [-0.1, -0.05) is 48.5 Å². The molecule has 39 heavy (non-hydrogen) atoms. The maximum atomic E-state index is 13.1. The van der Waals surface area contributed by atoms with Crippen LogP contribution < -0.4 is 25.8 Å². The molecule has 0 unspecified atom stereocenters. The van der Waals surface area contributed by atoms with Crippen LogP contribution in [0.1, 0.15) is 27.0 Å². The van der Waals surface area contributed by atoms with Crippen LogP contribution in [0, 0.1) is 0 Å². The minimum atomic E-state index is -0.792. The van der Waals surface area contributed by atoms with E-state index >= 15 is 0 Å². The third-order valence-corrected chi connectivity index (χ3v) is 5.81. The minimum Gasteiger partial charge on any atom is -0.493 e. The maximum Gasteiger partial charge on any atom is 0.337 e. The van der Waals surface area contributed by atoms with Crippen molar-refractivity contribution in [2.45, 2.75) is 25.4 Å². The summed E-state index contributed by atoms with van der Waals surface area (Å²) in [7, 11) is 4.36. The SMILES string of the molecule is COC(=O)c1ccc(CNC(=O)[C@@H](Cc2ccccc2)NC(N)=NC(=O)Cc2ccc(OC)c(OC)c2)cc1. The predicted molar refractivity (Wildman–Crippen MR) is 147 cm³/mol. The molecule has 0 bridgehead atoms. The zero-order valence-corrected chi connectivity index (χ0v) is 22.1. The van der Waals surface area contributed by atoms with E-state index in [2.05, 4.69) is 15.6 Å². The number of ether oxygens (including phenoxy) is 3. The molecular formula is C29H32N4O6. The highest BCUT2D eigenvalue weighted by molar-refractivity contribution is 5.96. The standard InChI is InChI=1S/C29H32N4O6/c1-37-24-14-11-21(16-25(24)38-2)17-26(34)33-29(30)32-23(15-19-7-5-4-6-8-19)27(35)31-18-20-9-12-22(13-10-20)28(36)39-3/h4-14,16,23H,15,17-18H2,1-3H3,(H,31,35)(H3,30,32,33,34)/t23-/m1/s1. The van der Waals surface area contributed by atoms with Crippen molar-refractivity contribution in [2.24, 2.45) is 10.7 Å². The molecule has 4 N–H and O–H groups in total. The third kappa shape index (κ3) is 8.60. The molecule has 2 amide bonds. The Labute approximate surface area is 227 Å². The van der Waals surface area contributed by atoms with Crippen LogP contribution >= 0.6 is 0 Å². The number of carbonyl (C=O) groups excluding carboxylic acids is 3. The Balaban J connectivity index is 1.67. The van der Waals surface area contributed by atoms with E-state index < -0.39 is 17.9 Å². The number of nitrogens with one attached hydrogen (secondary N) is 2. The number of methoxy groups -OCH3 is 3. The van der Waals surface area contributed by atoms with Gasteiger partial charge in [0, 0.05) is 13.0 Å². The van der Waals surface area contributed by atoms with Gasteiger partial charge in [0.15, 0.2) is 17.5 Å². The first-order valence-corrected chi connectivity index (χ1v) is 12.2. The first-order chi connectivity index (χ1) is 18.8. The lowest BCUT2D eigenvalue weighted by molar-refractivity contribution is -0.123. The van der Waals surface area contributed by atoms with Crippen LogP contribution in [0.25, 0.3) is 0 Å². The molecule has 3 aromatic rings. The highest BCUT2D eigenvalue weighted by atomic mass is 16.5. The van der Waals surface area contributed by atoms with E-state index in [0.717, 1.165) is 11.1 Å². The summed E-state index contributed by atoms with van der Waals surface area (Å²) in [6.07, 6.45) is 0.299. The van der Waals surface area contributed by atoms with Gasteiger partial charge in [0.1, 0.15) is 6.04 Å². The molecule has 0 heterocycles. The Morgan fingerprint density at radius 2 is 1.51 bits per heavy atom. The van der Waals surface area contributed by atoms with Crippen LogP contribution in [-0.2, 0) is 33.7 Å². The second-order valence-corrected chi connectivity index (χ2v) is 8.55. The molecule has 0 aliphatic heterocycles. The Bertz CT molecular complexity index is 1310. The van der Waals surface area contributed by atoms with E-state index in [1.165, 1.54) is 21.3 Å². The van der Waals surface area contributed by atoms with Gasteiger partial charge in [0.25, 0.3) is 5.91 Å². The number of hydrogen-bond acceptors (Lipinski definition) is 6. The number of amides is 2. The van der Waals surface area contributed by atoms with Crippen LogP contribution in [0.2, 0.25) is 0 Å². The van der Waals surface area contributed by atoms with Crippen molar-refractivity contribution in [3.8, 4) is 11.5 Å². The smallest absolute Gasteiger partial charge is 0.337 e. The summed E-state index contributed by atoms with van der Waals surface area (Å²) in [5.41, 5.74) is 8.82. The quantitative estimate of drug-likeness (QED) is 0.194. The summed E-state index contributed by atoms with van der Waals surface area (Å²) in [6.45, 7) is 0.225. The van der Waals surface area contributed by atoms with Crippen molar-refractivity contribution in [2.75, 3.05) is 21.3 Å². The molecule has 0 spiro atoms. The lowest BCUT2D eigenvalue weighted by atomic mass is 10.1. The van der Waals surface area contributed by atoms with Gasteiger partial charge in [-0.05, 0) is 41.0 Å². The number of rotatable bonds is 11. The number of carbonyl (C=O) groups is 3. The third-order valence-electron chi connectivity index (χ3n) is 5.81. The number of aliphatic imine (C=N–C) groups is 1. The second kappa shape index (κ2) is 14.2. The molecule has 1 atom stereocenters. The largest absolute Gasteiger partial charge is 0.493 e. The molecule has 0 aromatic heterocycles. The average molecular weight is 533 g/mol. The summed E-state index contributed by atoms with van der Waals surface area (Å²) >= 11 is 0. The van der Waals surface area contributed by atoms with E-state index in [0.29, 0.717) is 29.0 Å². The first kappa shape index (κ1) is 28.7. The zero-order valence-electron chi connectivity index (χ0n) is 22.1. The summed E-state index contributed by atoms with van der Waals surface area (Å²) in [5.74, 6) is -0.379. The van der Waals surface area contributed by atoms with Crippen molar-refractivity contribution >= 4 is 23.7 Å². The Kier molecular flexibility index (Phi) is 10.4. The van der Waals surface area contributed by atoms with Gasteiger partial charge in [-0.2, -0.15) is 4.99 Å². The fourth-order valence-corrected chi connectivity index (χ4v) is 3.80. The number of guanidine groups is 1. The topological polar surface area (TPSA) is 141 Å². The fourth-order valence-electron chi connectivity index (χ4n) is 3.80. The van der Waals surface area contributed by atoms with Gasteiger partial charge in [-0.25, -0.2) is 4.79 Å². The molecule has 10 heteroatoms. The zero-order chi connectivity index (χ0) is 28.2. The van der Waals surface area contributed by atoms with Crippen molar-refractivity contribution in [1.29, 1.82) is 0 Å². The highest BCUT2D eigenvalue weighted by Gasteiger charge is 2.20. The van der Waals surface area contributed by atoms with E-state index in [1.807, 2.05) is 30.3 Å². The molecule has 10 nitrogen and oxygen atoms in total. The molecule has 204 valence electrons. The van der Waals surface area contributed by atoms with Crippen molar-refractivity contribution in [3.05, 3.63) is 95.1 Å². The van der Waals surface area contributed by atoms with Gasteiger partial charge in [-0.3, -0.25) is 9.59 Å². The van der Waals surface area contributed by atoms with Crippen LogP contribution in [0.3, 0.4) is 0 Å². The van der Waals surface area contributed by atoms with Crippen molar-refractivity contribution < 1.29 is 28.6 Å². The Morgan fingerprint density at radius 3 is 2.15 bits per heavy atom. The first-order valence-electron chi connectivity index (χ1n) is 12.2. The van der Waals surface area contributed by atoms with Crippen molar-refractivity contribution in [3.63, 3.8) is 0 Å². The van der Waals surface area contributed by atoms with Gasteiger partial charge in [0.2, 0.25) is 5.91 Å². The summed E-state index contributed by atoms with van der Waals surface area (Å²) in [5, 5.41) is 5.74. The van der Waals surface area contributed by atoms with E-state index in [4.69, 9.17) is 19.9 Å². The molecule has 0 aliphatic carbocycles. The number of nitrogens with two attached hydrogens (primary N) is 1. The molecular weight excluding hydrogens is 500 g/mol. The lowest BCUT2D eigenvalue weighted by Gasteiger charge is -2.19. The molecule has 0 saturated heterocycles. The van der Waals surface area contributed by atoms with E-state index in [9.17, 15) is 14.4 Å². The summed E-state index contributed by atoms with van der Waals surface area (Å²) in [4.78, 5) is 41.3. The van der Waals surface area contributed by atoms with Crippen LogP contribution in [0.15, 0.2) is 77.8 Å². The van der Waals surface area contributed by atoms with E-state index in [1.54, 1.807) is 42.5 Å². The predicted octanol–water partition coefficient (Wildman–Crippen LogP) is 2.39. The van der Waals surface area contributed by atoms with Gasteiger partial charge < -0.3 is 30.6 Å². The molecule has 0 radical (unpaired) electrons. The van der Waals surface area contributed by atoms with Gasteiger partial charge >= 0.3 is 5.97 Å². The number of esters is 1. The lowest BCUT2D eigenvalue weighted by Crippen LogP contribution is -2.50. The minimum absolute atomic E-state index is 0.0140. The maximum absolute atomic E-state index is 13.1. The Morgan fingerprint density at radius 1 is 0.846 bits per heavy atom. The monoisotopic (exact) mass is 532 g/mol. The van der Waals surface area contributed by atoms with Crippen molar-refractivity contribution in [1.82, 2.24) is 10.6 Å². The fraction of sp³-hybridized carbons (Fsp3) is 0.241. The molecule has 3 aromatic carbocycles. The highest BCUT2D eigenvalue weighted by Crippen LogP contribution is 2.27. The van der Waals surface area contributed by atoms with Gasteiger partial charge in [-0.15, -0.1) is 0 Å². The molecule has 0 saturated carbocycles. The summed E-state index contributed by atoms with van der Waals surface area (Å²) < 4.78 is 15.2. The van der Waals surface area contributed by atoms with E-state index in [-0.39, 0.29) is 24.8 Å². The average Bonchev–Trinajstić information content (AvgIpc) is 2.95. The normalized spacial score (nSPS) is 11.7. The molecule has 3 rings (SSSR count). The number of nitrogens with zero attached hydrogens (tertiary/aromatic N) is 1. The number of hydrogen-bond donors (Lipinski definition) is 3. The van der Waals surface area contributed by atoms with Crippen LogP contribution in [0.4, 0.5) is 0 Å². The summed E-state index contributed by atoms with van der Waals surface area (Å²) in [6, 6.07) is 20.5. The van der Waals surface area contributed by atoms with Gasteiger partial charge in [0.05, 0.1) is 33.3 Å². The Hall–Kier alpha value is -4.86.